The van der Waals surface area contributed by atoms with Gasteiger partial charge in [0.15, 0.2) is 0 Å². The number of piperazine rings is 1. The van der Waals surface area contributed by atoms with Crippen molar-refractivity contribution < 1.29 is 9.59 Å². The predicted octanol–water partition coefficient (Wildman–Crippen LogP) is 2.87. The molecule has 1 aromatic carbocycles. The number of benzene rings is 1. The standard InChI is InChI=1S/C23H35N5O2/c1-25-15-17-26(18-16-25)13-9-4-2-3-5-10-14-27-22(29)20-28(23(27)30)24-19-21-11-7-6-8-12-21/h6-8,11-12,19H,2-5,9-10,13-18,20H2,1H3. The zero-order valence-electron chi connectivity index (χ0n) is 18.2. The van der Waals surface area contributed by atoms with Crippen molar-refractivity contribution in [2.75, 3.05) is 52.9 Å². The Hall–Kier alpha value is -2.25. The SMILES string of the molecule is CN1CCN(CCCCCCCCN2C(=O)CN(N=Cc3ccccc3)C2=O)CC1. The van der Waals surface area contributed by atoms with Crippen molar-refractivity contribution in [1.29, 1.82) is 0 Å². The normalized spacial score (nSPS) is 18.8. The summed E-state index contributed by atoms with van der Waals surface area (Å²) in [6, 6.07) is 9.27. The number of hydrogen-bond acceptors (Lipinski definition) is 5. The van der Waals surface area contributed by atoms with E-state index in [-0.39, 0.29) is 18.5 Å². The van der Waals surface area contributed by atoms with Crippen molar-refractivity contribution in [3.63, 3.8) is 0 Å². The van der Waals surface area contributed by atoms with Crippen molar-refractivity contribution in [3.05, 3.63) is 35.9 Å². The molecule has 0 N–H and O–H groups in total. The highest BCUT2D eigenvalue weighted by molar-refractivity contribution is 6.02. The Morgan fingerprint density at radius 2 is 1.50 bits per heavy atom. The molecule has 2 aliphatic rings. The smallest absolute Gasteiger partial charge is 0.304 e. The number of urea groups is 1. The van der Waals surface area contributed by atoms with Crippen LogP contribution in [0.1, 0.15) is 44.1 Å². The van der Waals surface area contributed by atoms with E-state index in [9.17, 15) is 9.59 Å². The number of unbranched alkanes of at least 4 members (excludes halogenated alkanes) is 5. The first-order valence-corrected chi connectivity index (χ1v) is 11.3. The molecule has 3 rings (SSSR count). The number of carbonyl (C=O) groups excluding carboxylic acids is 2. The van der Waals surface area contributed by atoms with Crippen molar-refractivity contribution in [2.45, 2.75) is 38.5 Å². The van der Waals surface area contributed by atoms with Crippen LogP contribution in [-0.2, 0) is 4.79 Å². The van der Waals surface area contributed by atoms with Gasteiger partial charge in [-0.3, -0.25) is 9.69 Å². The van der Waals surface area contributed by atoms with Crippen LogP contribution in [0.15, 0.2) is 35.4 Å². The molecular weight excluding hydrogens is 378 g/mol. The van der Waals surface area contributed by atoms with Crippen molar-refractivity contribution in [3.8, 4) is 0 Å². The van der Waals surface area contributed by atoms with E-state index in [2.05, 4.69) is 21.9 Å². The van der Waals surface area contributed by atoms with E-state index in [1.807, 2.05) is 30.3 Å². The van der Waals surface area contributed by atoms with Crippen LogP contribution in [-0.4, -0.2) is 90.7 Å². The highest BCUT2D eigenvalue weighted by Gasteiger charge is 2.35. The summed E-state index contributed by atoms with van der Waals surface area (Å²) in [5, 5.41) is 5.44. The maximum absolute atomic E-state index is 12.4. The molecule has 0 saturated carbocycles. The van der Waals surface area contributed by atoms with Crippen LogP contribution in [0.5, 0.6) is 0 Å². The molecule has 0 spiro atoms. The molecular formula is C23H35N5O2. The molecule has 0 unspecified atom stereocenters. The third-order valence-electron chi connectivity index (χ3n) is 5.89. The molecule has 1 aromatic rings. The van der Waals surface area contributed by atoms with Gasteiger partial charge in [-0.2, -0.15) is 5.10 Å². The van der Waals surface area contributed by atoms with Crippen LogP contribution in [0.2, 0.25) is 0 Å². The molecule has 2 aliphatic heterocycles. The number of hydrogen-bond donors (Lipinski definition) is 0. The maximum atomic E-state index is 12.4. The molecule has 2 saturated heterocycles. The molecule has 2 fully saturated rings. The molecule has 0 aliphatic carbocycles. The Labute approximate surface area is 180 Å². The maximum Gasteiger partial charge on any atom is 0.347 e. The Morgan fingerprint density at radius 1 is 0.867 bits per heavy atom. The summed E-state index contributed by atoms with van der Waals surface area (Å²) >= 11 is 0. The van der Waals surface area contributed by atoms with Gasteiger partial charge in [-0.25, -0.2) is 9.80 Å². The summed E-state index contributed by atoms with van der Waals surface area (Å²) < 4.78 is 0. The molecule has 0 radical (unpaired) electrons. The molecule has 164 valence electrons. The summed E-state index contributed by atoms with van der Waals surface area (Å²) in [6.07, 6.45) is 8.46. The second-order valence-corrected chi connectivity index (χ2v) is 8.31. The van der Waals surface area contributed by atoms with E-state index in [1.165, 1.54) is 61.9 Å². The predicted molar refractivity (Wildman–Crippen MR) is 119 cm³/mol. The molecule has 7 nitrogen and oxygen atoms in total. The summed E-state index contributed by atoms with van der Waals surface area (Å²) in [6.45, 7) is 6.50. The zero-order chi connectivity index (χ0) is 21.2. The second kappa shape index (κ2) is 11.8. The Kier molecular flexibility index (Phi) is 8.83. The topological polar surface area (TPSA) is 59.5 Å². The highest BCUT2D eigenvalue weighted by Crippen LogP contribution is 2.14. The summed E-state index contributed by atoms with van der Waals surface area (Å²) in [5.74, 6) is -0.155. The van der Waals surface area contributed by atoms with Crippen molar-refractivity contribution in [1.82, 2.24) is 19.7 Å². The van der Waals surface area contributed by atoms with Crippen LogP contribution in [0.3, 0.4) is 0 Å². The number of amides is 3. The number of likely N-dealkylation sites (N-methyl/N-ethyl adjacent to an activating group) is 1. The minimum Gasteiger partial charge on any atom is -0.304 e. The van der Waals surface area contributed by atoms with Gasteiger partial charge in [-0.1, -0.05) is 56.0 Å². The third-order valence-corrected chi connectivity index (χ3v) is 5.89. The van der Waals surface area contributed by atoms with Gasteiger partial charge in [0.2, 0.25) is 0 Å². The largest absolute Gasteiger partial charge is 0.347 e. The lowest BCUT2D eigenvalue weighted by Crippen LogP contribution is -2.44. The average molecular weight is 414 g/mol. The summed E-state index contributed by atoms with van der Waals surface area (Å²) in [4.78, 5) is 30.9. The quantitative estimate of drug-likeness (QED) is 0.318. The van der Waals surface area contributed by atoms with E-state index < -0.39 is 0 Å². The van der Waals surface area contributed by atoms with E-state index >= 15 is 0 Å². The van der Waals surface area contributed by atoms with Gasteiger partial charge in [0, 0.05) is 32.7 Å². The van der Waals surface area contributed by atoms with Crippen LogP contribution in [0.4, 0.5) is 4.79 Å². The van der Waals surface area contributed by atoms with Gasteiger partial charge in [-0.15, -0.1) is 0 Å². The van der Waals surface area contributed by atoms with Crippen LogP contribution < -0.4 is 0 Å². The fourth-order valence-corrected chi connectivity index (χ4v) is 3.90. The first-order chi connectivity index (χ1) is 14.6. The summed E-state index contributed by atoms with van der Waals surface area (Å²) in [7, 11) is 2.19. The molecule has 30 heavy (non-hydrogen) atoms. The number of nitrogens with zero attached hydrogens (tertiary/aromatic N) is 5. The van der Waals surface area contributed by atoms with Crippen molar-refractivity contribution >= 4 is 18.2 Å². The fraction of sp³-hybridized carbons (Fsp3) is 0.609. The zero-order valence-corrected chi connectivity index (χ0v) is 18.2. The van der Waals surface area contributed by atoms with Gasteiger partial charge < -0.3 is 9.80 Å². The third kappa shape index (κ3) is 6.92. The Balaban J connectivity index is 1.25. The van der Waals surface area contributed by atoms with E-state index in [1.54, 1.807) is 6.21 Å². The van der Waals surface area contributed by atoms with Gasteiger partial charge in [0.1, 0.15) is 6.54 Å². The van der Waals surface area contributed by atoms with Crippen LogP contribution in [0.25, 0.3) is 0 Å². The number of carbonyl (C=O) groups is 2. The van der Waals surface area contributed by atoms with E-state index in [0.29, 0.717) is 6.54 Å². The fourth-order valence-electron chi connectivity index (χ4n) is 3.90. The lowest BCUT2D eigenvalue weighted by atomic mass is 10.1. The highest BCUT2D eigenvalue weighted by atomic mass is 16.2. The number of imide groups is 1. The Bertz CT molecular complexity index is 701. The average Bonchev–Trinajstić information content (AvgIpc) is 3.03. The number of rotatable bonds is 11. The molecule has 7 heteroatoms. The Morgan fingerprint density at radius 3 is 2.20 bits per heavy atom. The van der Waals surface area contributed by atoms with E-state index in [0.717, 1.165) is 24.8 Å². The molecule has 0 bridgehead atoms. The molecule has 0 atom stereocenters. The molecule has 2 heterocycles. The minimum absolute atomic E-state index is 0.0362. The van der Waals surface area contributed by atoms with Gasteiger partial charge in [0.05, 0.1) is 6.21 Å². The van der Waals surface area contributed by atoms with Crippen LogP contribution in [0, 0.1) is 0 Å². The van der Waals surface area contributed by atoms with Gasteiger partial charge >= 0.3 is 6.03 Å². The second-order valence-electron chi connectivity index (χ2n) is 8.31. The van der Waals surface area contributed by atoms with Crippen LogP contribution >= 0.6 is 0 Å². The van der Waals surface area contributed by atoms with Crippen molar-refractivity contribution in [2.24, 2.45) is 5.10 Å². The first-order valence-electron chi connectivity index (χ1n) is 11.3. The van der Waals surface area contributed by atoms with Gasteiger partial charge in [0.25, 0.3) is 5.91 Å². The molecule has 0 aromatic heterocycles. The molecule has 3 amide bonds. The lowest BCUT2D eigenvalue weighted by molar-refractivity contribution is -0.125. The van der Waals surface area contributed by atoms with Gasteiger partial charge in [-0.05, 0) is 32.0 Å². The monoisotopic (exact) mass is 413 g/mol. The lowest BCUT2D eigenvalue weighted by Gasteiger charge is -2.32. The summed E-state index contributed by atoms with van der Waals surface area (Å²) in [5.41, 5.74) is 0.906. The number of hydrazone groups is 1. The minimum atomic E-state index is -0.306. The van der Waals surface area contributed by atoms with E-state index in [4.69, 9.17) is 0 Å². The first kappa shape index (κ1) is 22.4.